The number of aliphatic imine (C=N–C) groups is 2. The smallest absolute Gasteiger partial charge is 0.0887 e. The van der Waals surface area contributed by atoms with E-state index in [-0.39, 0.29) is 0 Å². The van der Waals surface area contributed by atoms with E-state index in [2.05, 4.69) is 108 Å². The molecule has 0 atom stereocenters. The molecule has 6 aromatic rings. The fraction of sp³-hybridized carbons (Fsp3) is 0.0323. The maximum atomic E-state index is 4.54. The van der Waals surface area contributed by atoms with Crippen LogP contribution in [0.5, 0.6) is 0 Å². The van der Waals surface area contributed by atoms with Gasteiger partial charge in [-0.3, -0.25) is 9.98 Å². The zero-order valence-electron chi connectivity index (χ0n) is 18.4. The summed E-state index contributed by atoms with van der Waals surface area (Å²) in [6, 6.07) is 34.7. The van der Waals surface area contributed by atoms with E-state index in [1.165, 1.54) is 48.7 Å². The number of nitrogens with zero attached hydrogens (tertiary/aromatic N) is 2. The van der Waals surface area contributed by atoms with E-state index in [1.807, 2.05) is 13.0 Å². The molecule has 0 fully saturated rings. The number of rotatable bonds is 3. The molecule has 0 amide bonds. The molecule has 0 spiro atoms. The Hall–Kier alpha value is -4.30. The Kier molecular flexibility index (Phi) is 4.51. The highest BCUT2D eigenvalue weighted by molar-refractivity contribution is 6.33. The molecule has 156 valence electrons. The first-order chi connectivity index (χ1) is 16.3. The molecule has 0 unspecified atom stereocenters. The topological polar surface area (TPSA) is 24.7 Å². The van der Waals surface area contributed by atoms with Crippen LogP contribution in [0.2, 0.25) is 0 Å². The zero-order chi connectivity index (χ0) is 22.4. The van der Waals surface area contributed by atoms with Crippen molar-refractivity contribution >= 4 is 67.4 Å². The highest BCUT2D eigenvalue weighted by Crippen LogP contribution is 2.43. The van der Waals surface area contributed by atoms with Gasteiger partial charge in [0, 0.05) is 6.21 Å². The highest BCUT2D eigenvalue weighted by Gasteiger charge is 2.15. The SMILES string of the molecule is C=Nc1ccc(-c2cc3c4ccccc4c4ccccc4c3c3ccccc23)cc1N=CC. The second-order valence-corrected chi connectivity index (χ2v) is 8.23. The lowest BCUT2D eigenvalue weighted by Crippen LogP contribution is -1.88. The molecule has 2 heteroatoms. The summed E-state index contributed by atoms with van der Waals surface area (Å²) >= 11 is 0. The van der Waals surface area contributed by atoms with E-state index < -0.39 is 0 Å². The van der Waals surface area contributed by atoms with Crippen molar-refractivity contribution in [1.29, 1.82) is 0 Å². The highest BCUT2D eigenvalue weighted by atomic mass is 14.8. The van der Waals surface area contributed by atoms with E-state index in [0.717, 1.165) is 16.9 Å². The Morgan fingerprint density at radius 2 is 1.12 bits per heavy atom. The normalized spacial score (nSPS) is 11.8. The molecule has 0 bridgehead atoms. The van der Waals surface area contributed by atoms with Crippen molar-refractivity contribution in [2.45, 2.75) is 6.92 Å². The third-order valence-corrected chi connectivity index (χ3v) is 6.47. The van der Waals surface area contributed by atoms with Gasteiger partial charge in [0.2, 0.25) is 0 Å². The maximum Gasteiger partial charge on any atom is 0.0887 e. The quantitative estimate of drug-likeness (QED) is 0.201. The lowest BCUT2D eigenvalue weighted by molar-refractivity contribution is 1.46. The Balaban J connectivity index is 1.82. The van der Waals surface area contributed by atoms with Gasteiger partial charge in [-0.2, -0.15) is 0 Å². The predicted octanol–water partition coefficient (Wildman–Crippen LogP) is 9.02. The third-order valence-electron chi connectivity index (χ3n) is 6.47. The molecule has 0 radical (unpaired) electrons. The van der Waals surface area contributed by atoms with Crippen molar-refractivity contribution in [3.63, 3.8) is 0 Å². The van der Waals surface area contributed by atoms with Crippen LogP contribution in [0.15, 0.2) is 107 Å². The molecule has 0 aromatic heterocycles. The molecule has 0 aliphatic carbocycles. The molecule has 6 aromatic carbocycles. The van der Waals surface area contributed by atoms with Gasteiger partial charge in [0.1, 0.15) is 0 Å². The van der Waals surface area contributed by atoms with Gasteiger partial charge < -0.3 is 0 Å². The molecule has 0 aliphatic heterocycles. The number of benzene rings is 6. The maximum absolute atomic E-state index is 4.54. The first kappa shape index (κ1) is 19.4. The average Bonchev–Trinajstić information content (AvgIpc) is 2.88. The lowest BCUT2D eigenvalue weighted by Gasteiger charge is -2.16. The van der Waals surface area contributed by atoms with Gasteiger partial charge in [0.15, 0.2) is 0 Å². The van der Waals surface area contributed by atoms with Gasteiger partial charge in [-0.25, -0.2) is 0 Å². The Labute approximate surface area is 192 Å². The lowest BCUT2D eigenvalue weighted by atomic mass is 9.87. The predicted molar refractivity (Wildman–Crippen MR) is 145 cm³/mol. The van der Waals surface area contributed by atoms with Crippen molar-refractivity contribution in [1.82, 2.24) is 0 Å². The standard InChI is InChI=1S/C31H22N2/c1-3-33-30-18-20(16-17-29(30)32-2)27-19-28-23-12-5-4-10-21(23)22-11-6-8-14-25(22)31(28)26-15-9-7-13-24(26)27/h3-19H,2H2,1H3. The number of hydrogen-bond acceptors (Lipinski definition) is 2. The molecule has 0 saturated carbocycles. The van der Waals surface area contributed by atoms with Gasteiger partial charge in [0.05, 0.1) is 11.4 Å². The van der Waals surface area contributed by atoms with Gasteiger partial charge in [0.25, 0.3) is 0 Å². The van der Waals surface area contributed by atoms with Crippen molar-refractivity contribution in [3.8, 4) is 11.1 Å². The minimum absolute atomic E-state index is 0.790. The van der Waals surface area contributed by atoms with Crippen LogP contribution in [0.4, 0.5) is 11.4 Å². The van der Waals surface area contributed by atoms with E-state index in [9.17, 15) is 0 Å². The number of hydrogen-bond donors (Lipinski definition) is 0. The van der Waals surface area contributed by atoms with E-state index in [1.54, 1.807) is 6.21 Å². The van der Waals surface area contributed by atoms with Crippen molar-refractivity contribution < 1.29 is 0 Å². The van der Waals surface area contributed by atoms with Gasteiger partial charge in [-0.1, -0.05) is 78.9 Å². The Morgan fingerprint density at radius 1 is 0.576 bits per heavy atom. The summed E-state index contributed by atoms with van der Waals surface area (Å²) in [6.07, 6.45) is 1.80. The minimum Gasteiger partial charge on any atom is -0.262 e. The molecular formula is C31H22N2. The summed E-state index contributed by atoms with van der Waals surface area (Å²) in [5.74, 6) is 0. The summed E-state index contributed by atoms with van der Waals surface area (Å²) < 4.78 is 0. The molecule has 0 saturated heterocycles. The van der Waals surface area contributed by atoms with Crippen LogP contribution in [-0.4, -0.2) is 12.9 Å². The zero-order valence-corrected chi connectivity index (χ0v) is 18.4. The monoisotopic (exact) mass is 422 g/mol. The van der Waals surface area contributed by atoms with Crippen LogP contribution in [-0.2, 0) is 0 Å². The van der Waals surface area contributed by atoms with Gasteiger partial charge in [-0.15, -0.1) is 0 Å². The van der Waals surface area contributed by atoms with Crippen LogP contribution in [0.25, 0.3) is 54.2 Å². The van der Waals surface area contributed by atoms with Crippen LogP contribution < -0.4 is 0 Å². The number of fused-ring (bicyclic) bond motifs is 8. The fourth-order valence-electron chi connectivity index (χ4n) is 5.07. The molecule has 6 rings (SSSR count). The summed E-state index contributed by atoms with van der Waals surface area (Å²) in [6.45, 7) is 5.63. The first-order valence-electron chi connectivity index (χ1n) is 11.1. The Bertz CT molecular complexity index is 1740. The summed E-state index contributed by atoms with van der Waals surface area (Å²) in [5, 5.41) is 10.2. The second-order valence-electron chi connectivity index (χ2n) is 8.23. The Morgan fingerprint density at radius 3 is 1.76 bits per heavy atom. The molecule has 2 nitrogen and oxygen atoms in total. The molecule has 0 heterocycles. The van der Waals surface area contributed by atoms with Crippen molar-refractivity contribution in [3.05, 3.63) is 97.1 Å². The molecule has 33 heavy (non-hydrogen) atoms. The van der Waals surface area contributed by atoms with Crippen LogP contribution in [0.3, 0.4) is 0 Å². The van der Waals surface area contributed by atoms with Crippen molar-refractivity contribution in [2.24, 2.45) is 9.98 Å². The molecule has 0 N–H and O–H groups in total. The van der Waals surface area contributed by atoms with Crippen molar-refractivity contribution in [2.75, 3.05) is 0 Å². The van der Waals surface area contributed by atoms with E-state index in [4.69, 9.17) is 0 Å². The molecule has 0 aliphatic rings. The van der Waals surface area contributed by atoms with Crippen LogP contribution in [0, 0.1) is 0 Å². The summed E-state index contributed by atoms with van der Waals surface area (Å²) in [4.78, 5) is 8.69. The minimum atomic E-state index is 0.790. The largest absolute Gasteiger partial charge is 0.262 e. The van der Waals surface area contributed by atoms with Gasteiger partial charge >= 0.3 is 0 Å². The van der Waals surface area contributed by atoms with E-state index >= 15 is 0 Å². The first-order valence-corrected chi connectivity index (χ1v) is 11.1. The van der Waals surface area contributed by atoms with E-state index in [0.29, 0.717) is 0 Å². The second kappa shape index (κ2) is 7.68. The average molecular weight is 423 g/mol. The summed E-state index contributed by atoms with van der Waals surface area (Å²) in [7, 11) is 0. The fourth-order valence-corrected chi connectivity index (χ4v) is 5.07. The summed E-state index contributed by atoms with van der Waals surface area (Å²) in [5.41, 5.74) is 3.94. The third kappa shape index (κ3) is 2.95. The molecular weight excluding hydrogens is 400 g/mol. The van der Waals surface area contributed by atoms with Crippen LogP contribution >= 0.6 is 0 Å². The van der Waals surface area contributed by atoms with Crippen LogP contribution in [0.1, 0.15) is 6.92 Å². The van der Waals surface area contributed by atoms with Gasteiger partial charge in [-0.05, 0) is 86.1 Å².